The number of carbonyl (C=O) groups excluding carboxylic acids is 1. The summed E-state index contributed by atoms with van der Waals surface area (Å²) in [5.74, 6) is -8.12. The van der Waals surface area contributed by atoms with Crippen LogP contribution in [0.15, 0.2) is 18.3 Å². The van der Waals surface area contributed by atoms with Gasteiger partial charge in [0.1, 0.15) is 28.1 Å². The van der Waals surface area contributed by atoms with E-state index in [1.165, 1.54) is 33.0 Å². The molecule has 2 unspecified atom stereocenters. The summed E-state index contributed by atoms with van der Waals surface area (Å²) in [7, 11) is 0. The molecular weight excluding hydrogens is 474 g/mol. The summed E-state index contributed by atoms with van der Waals surface area (Å²) < 4.78 is 11.9. The van der Waals surface area contributed by atoms with Crippen LogP contribution in [-0.4, -0.2) is 92.4 Å². The maximum atomic E-state index is 13.2. The molecule has 0 aromatic carbocycles. The molecule has 2 saturated heterocycles. The second-order valence-corrected chi connectivity index (χ2v) is 12.6. The van der Waals surface area contributed by atoms with Gasteiger partial charge in [0.2, 0.25) is 5.79 Å². The van der Waals surface area contributed by atoms with Gasteiger partial charge >= 0.3 is 5.97 Å². The lowest BCUT2D eigenvalue weighted by Gasteiger charge is -2.62. The minimum atomic E-state index is -2.94. The molecule has 1 spiro atoms. The zero-order valence-electron chi connectivity index (χ0n) is 20.9. The predicted octanol–water partition coefficient (Wildman–Crippen LogP) is -0.868. The molecule has 11 heteroatoms. The minimum absolute atomic E-state index is 0.0162. The zero-order valence-corrected chi connectivity index (χ0v) is 20.9. The first-order chi connectivity index (χ1) is 16.4. The molecule has 6 fully saturated rings. The molecule has 10 atom stereocenters. The van der Waals surface area contributed by atoms with Crippen LogP contribution >= 0.6 is 0 Å². The number of ether oxygens (including phenoxy) is 2. The third kappa shape index (κ3) is 1.72. The van der Waals surface area contributed by atoms with Crippen molar-refractivity contribution in [3.05, 3.63) is 24.0 Å². The van der Waals surface area contributed by atoms with Gasteiger partial charge in [0, 0.05) is 24.0 Å². The Balaban J connectivity index is 1.72. The average molecular weight is 510 g/mol. The van der Waals surface area contributed by atoms with Gasteiger partial charge in [0.05, 0.1) is 5.41 Å². The topological polar surface area (TPSA) is 193 Å². The fourth-order valence-electron chi connectivity index (χ4n) is 9.59. The fraction of sp³-hybridized carbons (Fsp3) is 0.800. The number of aliphatic hydroxyl groups is 7. The Labute approximate surface area is 207 Å². The maximum absolute atomic E-state index is 13.2. The third-order valence-electron chi connectivity index (χ3n) is 11.5. The number of hydrogen-bond donors (Lipinski definition) is 8. The highest BCUT2D eigenvalue weighted by molar-refractivity contribution is 5.87. The van der Waals surface area contributed by atoms with Gasteiger partial charge < -0.3 is 50.2 Å². The fourth-order valence-corrected chi connectivity index (χ4v) is 9.59. The molecule has 1 aromatic heterocycles. The molecule has 4 saturated carbocycles. The van der Waals surface area contributed by atoms with Gasteiger partial charge in [-0.15, -0.1) is 0 Å². The van der Waals surface area contributed by atoms with Crippen molar-refractivity contribution in [1.29, 1.82) is 0 Å². The quantitative estimate of drug-likeness (QED) is 0.188. The van der Waals surface area contributed by atoms with Crippen LogP contribution in [-0.2, 0) is 9.47 Å². The van der Waals surface area contributed by atoms with E-state index >= 15 is 0 Å². The van der Waals surface area contributed by atoms with E-state index in [-0.39, 0.29) is 18.5 Å². The van der Waals surface area contributed by atoms with Gasteiger partial charge in [-0.2, -0.15) is 0 Å². The molecule has 0 radical (unpaired) electrons. The highest BCUT2D eigenvalue weighted by Gasteiger charge is 3.11. The van der Waals surface area contributed by atoms with Crippen LogP contribution in [0.3, 0.4) is 0 Å². The molecular formula is C25H35NO10. The molecule has 6 aliphatic rings. The van der Waals surface area contributed by atoms with E-state index in [2.05, 4.69) is 4.98 Å². The van der Waals surface area contributed by atoms with Crippen LogP contribution < -0.4 is 0 Å². The summed E-state index contributed by atoms with van der Waals surface area (Å²) in [5, 5.41) is 85.6. The summed E-state index contributed by atoms with van der Waals surface area (Å²) >= 11 is 0. The standard InChI is InChI=1S/C25H35NO10/c1-12(2)21(30)16(35-15(27)14-7-6-10-26-14)22(31)17(4)11-20(29)18(21,5)24(22,34)25(36-20)19(17,28)9-8-13(3)23(25,32)33/h6-7,10,12-13,16,26,28-34H,8-9,11H2,1-5H3/t13?,16-,17+,18-,19+,20+,21-,22-,24-,25?/m1/s1. The van der Waals surface area contributed by atoms with Crippen molar-refractivity contribution < 1.29 is 50.0 Å². The Morgan fingerprint density at radius 3 is 2.33 bits per heavy atom. The number of nitrogens with one attached hydrogen (secondary N) is 1. The molecule has 4 aliphatic carbocycles. The SMILES string of the molecule is CC1CC[C@@]2(O)C3(O[C@@]4(O)C[C@]2(C)[C@]2(O)[C@H](OC(=O)c5ccc[nH]5)[C@](O)(C(C)C)[C@]4(C)[C@]32O)C1(O)O. The number of carbonyl (C=O) groups is 1. The van der Waals surface area contributed by atoms with Crippen molar-refractivity contribution in [2.24, 2.45) is 22.7 Å². The van der Waals surface area contributed by atoms with E-state index in [1.807, 2.05) is 0 Å². The Morgan fingerprint density at radius 1 is 1.14 bits per heavy atom. The highest BCUT2D eigenvalue weighted by atomic mass is 16.7. The second-order valence-electron chi connectivity index (χ2n) is 12.6. The van der Waals surface area contributed by atoms with Gasteiger partial charge in [-0.25, -0.2) is 4.79 Å². The third-order valence-corrected chi connectivity index (χ3v) is 11.5. The predicted molar refractivity (Wildman–Crippen MR) is 120 cm³/mol. The van der Waals surface area contributed by atoms with Crippen molar-refractivity contribution in [1.82, 2.24) is 4.98 Å². The summed E-state index contributed by atoms with van der Waals surface area (Å²) in [5.41, 5.74) is -17.0. The van der Waals surface area contributed by atoms with Gasteiger partial charge in [-0.05, 0) is 37.8 Å². The molecule has 36 heavy (non-hydrogen) atoms. The molecule has 3 heterocycles. The van der Waals surface area contributed by atoms with E-state index < -0.39 is 80.7 Å². The van der Waals surface area contributed by atoms with Gasteiger partial charge in [0.25, 0.3) is 0 Å². The molecule has 11 nitrogen and oxygen atoms in total. The van der Waals surface area contributed by atoms with Crippen LogP contribution in [0.5, 0.6) is 0 Å². The first-order valence-corrected chi connectivity index (χ1v) is 12.5. The van der Waals surface area contributed by atoms with Gasteiger partial charge in [-0.3, -0.25) is 0 Å². The first kappa shape index (κ1) is 24.7. The number of esters is 1. The lowest BCUT2D eigenvalue weighted by molar-refractivity contribution is -0.440. The Hall–Kier alpha value is -1.57. The molecule has 6 bridgehead atoms. The lowest BCUT2D eigenvalue weighted by atomic mass is 9.52. The van der Waals surface area contributed by atoms with Crippen LogP contribution in [0.1, 0.15) is 64.4 Å². The van der Waals surface area contributed by atoms with E-state index in [1.54, 1.807) is 19.9 Å². The van der Waals surface area contributed by atoms with Crippen LogP contribution in [0.25, 0.3) is 0 Å². The van der Waals surface area contributed by atoms with Gasteiger partial charge in [-0.1, -0.05) is 27.7 Å². The average Bonchev–Trinajstić information content (AvgIpc) is 3.41. The monoisotopic (exact) mass is 509 g/mol. The molecule has 1 aromatic rings. The summed E-state index contributed by atoms with van der Waals surface area (Å²) in [4.78, 5) is 15.9. The molecule has 7 rings (SSSR count). The Morgan fingerprint density at radius 2 is 1.78 bits per heavy atom. The summed E-state index contributed by atoms with van der Waals surface area (Å²) in [6, 6.07) is 2.99. The number of hydrogen-bond acceptors (Lipinski definition) is 10. The van der Waals surface area contributed by atoms with Gasteiger partial charge in [0.15, 0.2) is 17.5 Å². The maximum Gasteiger partial charge on any atom is 0.355 e. The van der Waals surface area contributed by atoms with E-state index in [9.17, 15) is 40.5 Å². The van der Waals surface area contributed by atoms with Crippen molar-refractivity contribution in [2.75, 3.05) is 0 Å². The number of aromatic nitrogens is 1. The molecule has 8 N–H and O–H groups in total. The van der Waals surface area contributed by atoms with E-state index in [4.69, 9.17) is 9.47 Å². The zero-order chi connectivity index (χ0) is 26.8. The Bertz CT molecular complexity index is 1170. The molecule has 2 aliphatic heterocycles. The van der Waals surface area contributed by atoms with E-state index in [0.717, 1.165) is 0 Å². The normalized spacial score (nSPS) is 57.9. The largest absolute Gasteiger partial charge is 0.451 e. The molecule has 200 valence electrons. The highest BCUT2D eigenvalue weighted by Crippen LogP contribution is 2.91. The molecule has 0 amide bonds. The van der Waals surface area contributed by atoms with Crippen LogP contribution in [0.4, 0.5) is 0 Å². The van der Waals surface area contributed by atoms with Crippen LogP contribution in [0.2, 0.25) is 0 Å². The number of rotatable bonds is 3. The van der Waals surface area contributed by atoms with Crippen LogP contribution in [0, 0.1) is 22.7 Å². The number of H-pyrrole nitrogens is 1. The van der Waals surface area contributed by atoms with E-state index in [0.29, 0.717) is 0 Å². The smallest absolute Gasteiger partial charge is 0.355 e. The van der Waals surface area contributed by atoms with Crippen molar-refractivity contribution in [3.8, 4) is 0 Å². The lowest BCUT2D eigenvalue weighted by Crippen LogP contribution is -2.80. The first-order valence-electron chi connectivity index (χ1n) is 12.5. The summed E-state index contributed by atoms with van der Waals surface area (Å²) in [6.45, 7) is 7.33. The Kier molecular flexibility index (Phi) is 4.14. The van der Waals surface area contributed by atoms with Crippen molar-refractivity contribution in [2.45, 2.75) is 99.6 Å². The van der Waals surface area contributed by atoms with Crippen molar-refractivity contribution in [3.63, 3.8) is 0 Å². The summed E-state index contributed by atoms with van der Waals surface area (Å²) in [6.07, 6.45) is -0.878. The van der Waals surface area contributed by atoms with Crippen molar-refractivity contribution >= 4 is 5.97 Å². The minimum Gasteiger partial charge on any atom is -0.451 e. The number of aromatic amines is 1. The second kappa shape index (κ2) is 6.02.